The summed E-state index contributed by atoms with van der Waals surface area (Å²) in [6, 6.07) is 13.8. The molecule has 0 aliphatic heterocycles. The molecule has 1 aliphatic carbocycles. The zero-order chi connectivity index (χ0) is 14.5. The lowest BCUT2D eigenvalue weighted by molar-refractivity contribution is -0.123. The summed E-state index contributed by atoms with van der Waals surface area (Å²) >= 11 is 0. The molecule has 0 bridgehead atoms. The number of nitrogens with one attached hydrogen (secondary N) is 2. The number of hydrogen-bond donors (Lipinski definition) is 2. The van der Waals surface area contributed by atoms with Crippen LogP contribution in [0.4, 0.5) is 0 Å². The molecule has 1 fully saturated rings. The fraction of sp³-hybridized carbons (Fsp3) is 0.294. The number of hydrogen-bond acceptors (Lipinski definition) is 3. The van der Waals surface area contributed by atoms with Crippen LogP contribution in [0.1, 0.15) is 30.0 Å². The van der Waals surface area contributed by atoms with E-state index in [1.165, 1.54) is 0 Å². The lowest BCUT2D eigenvalue weighted by atomic mass is 10.1. The van der Waals surface area contributed by atoms with Crippen molar-refractivity contribution in [2.24, 2.45) is 0 Å². The molecule has 1 atom stereocenters. The lowest BCUT2D eigenvalue weighted by Crippen LogP contribution is -2.38. The molecule has 3 rings (SSSR count). The predicted octanol–water partition coefficient (Wildman–Crippen LogP) is 2.19. The number of carbonyl (C=O) groups is 1. The summed E-state index contributed by atoms with van der Waals surface area (Å²) < 4.78 is 0. The number of nitrogens with zero attached hydrogens (tertiary/aromatic N) is 1. The Hall–Kier alpha value is -2.20. The van der Waals surface area contributed by atoms with Gasteiger partial charge in [-0.15, -0.1) is 0 Å². The molecular formula is C17H19N3O. The maximum Gasteiger partial charge on any atom is 0.241 e. The van der Waals surface area contributed by atoms with Crippen molar-refractivity contribution in [1.82, 2.24) is 15.6 Å². The first-order valence-corrected chi connectivity index (χ1v) is 7.30. The van der Waals surface area contributed by atoms with Gasteiger partial charge in [-0.2, -0.15) is 0 Å². The molecule has 108 valence electrons. The molecule has 1 aromatic heterocycles. The van der Waals surface area contributed by atoms with Crippen LogP contribution in [0.5, 0.6) is 0 Å². The number of amides is 1. The van der Waals surface area contributed by atoms with E-state index in [0.717, 1.165) is 24.0 Å². The van der Waals surface area contributed by atoms with E-state index >= 15 is 0 Å². The van der Waals surface area contributed by atoms with Crippen molar-refractivity contribution in [3.8, 4) is 0 Å². The first kappa shape index (κ1) is 13.8. The third kappa shape index (κ3) is 3.89. The SMILES string of the molecule is O=C(NC1CC1)C(NCc1cccnc1)c1ccccc1. The molecule has 0 radical (unpaired) electrons. The van der Waals surface area contributed by atoms with Crippen LogP contribution in [0.2, 0.25) is 0 Å². The van der Waals surface area contributed by atoms with Gasteiger partial charge in [-0.25, -0.2) is 0 Å². The van der Waals surface area contributed by atoms with Crippen molar-refractivity contribution in [2.45, 2.75) is 31.5 Å². The van der Waals surface area contributed by atoms with Crippen molar-refractivity contribution in [3.63, 3.8) is 0 Å². The second-order valence-electron chi connectivity index (χ2n) is 5.37. The predicted molar refractivity (Wildman–Crippen MR) is 81.4 cm³/mol. The van der Waals surface area contributed by atoms with Crippen LogP contribution < -0.4 is 10.6 Å². The minimum Gasteiger partial charge on any atom is -0.352 e. The second-order valence-corrected chi connectivity index (χ2v) is 5.37. The van der Waals surface area contributed by atoms with E-state index in [1.54, 1.807) is 6.20 Å². The smallest absolute Gasteiger partial charge is 0.241 e. The third-order valence-corrected chi connectivity index (χ3v) is 3.55. The molecule has 0 saturated heterocycles. The highest BCUT2D eigenvalue weighted by molar-refractivity contribution is 5.83. The minimum atomic E-state index is -0.327. The Morgan fingerprint density at radius 2 is 2.00 bits per heavy atom. The van der Waals surface area contributed by atoms with Gasteiger partial charge in [-0.1, -0.05) is 36.4 Å². The summed E-state index contributed by atoms with van der Waals surface area (Å²) in [5.41, 5.74) is 2.05. The van der Waals surface area contributed by atoms with E-state index in [-0.39, 0.29) is 11.9 Å². The van der Waals surface area contributed by atoms with Gasteiger partial charge in [-0.3, -0.25) is 15.1 Å². The van der Waals surface area contributed by atoms with E-state index in [2.05, 4.69) is 15.6 Å². The zero-order valence-corrected chi connectivity index (χ0v) is 11.8. The van der Waals surface area contributed by atoms with Crippen LogP contribution >= 0.6 is 0 Å². The third-order valence-electron chi connectivity index (χ3n) is 3.55. The van der Waals surface area contributed by atoms with Crippen LogP contribution in [0.15, 0.2) is 54.9 Å². The molecule has 2 N–H and O–H groups in total. The fourth-order valence-electron chi connectivity index (χ4n) is 2.24. The largest absolute Gasteiger partial charge is 0.352 e. The molecule has 0 spiro atoms. The molecule has 1 amide bonds. The first-order chi connectivity index (χ1) is 10.3. The highest BCUT2D eigenvalue weighted by Crippen LogP contribution is 2.21. The monoisotopic (exact) mass is 281 g/mol. The number of aromatic nitrogens is 1. The van der Waals surface area contributed by atoms with E-state index in [9.17, 15) is 4.79 Å². The maximum atomic E-state index is 12.4. The van der Waals surface area contributed by atoms with Gasteiger partial charge in [0.25, 0.3) is 0 Å². The van der Waals surface area contributed by atoms with Gasteiger partial charge in [0.15, 0.2) is 0 Å². The van der Waals surface area contributed by atoms with Gasteiger partial charge in [0, 0.05) is 25.0 Å². The van der Waals surface area contributed by atoms with Gasteiger partial charge >= 0.3 is 0 Å². The average Bonchev–Trinajstić information content (AvgIpc) is 3.33. The molecule has 2 aromatic rings. The summed E-state index contributed by atoms with van der Waals surface area (Å²) in [6.07, 6.45) is 5.75. The van der Waals surface area contributed by atoms with Crippen molar-refractivity contribution in [1.29, 1.82) is 0 Å². The molecule has 1 aromatic carbocycles. The molecule has 1 unspecified atom stereocenters. The number of pyridine rings is 1. The minimum absolute atomic E-state index is 0.0487. The topological polar surface area (TPSA) is 54.0 Å². The Morgan fingerprint density at radius 1 is 1.19 bits per heavy atom. The van der Waals surface area contributed by atoms with Gasteiger partial charge in [0.05, 0.1) is 0 Å². The molecule has 1 aliphatic rings. The highest BCUT2D eigenvalue weighted by atomic mass is 16.2. The summed E-state index contributed by atoms with van der Waals surface area (Å²) in [7, 11) is 0. The van der Waals surface area contributed by atoms with Crippen LogP contribution in [0, 0.1) is 0 Å². The van der Waals surface area contributed by atoms with Crippen molar-refractivity contribution in [2.75, 3.05) is 0 Å². The number of carbonyl (C=O) groups excluding carboxylic acids is 1. The molecular weight excluding hydrogens is 262 g/mol. The van der Waals surface area contributed by atoms with Gasteiger partial charge in [-0.05, 0) is 30.0 Å². The van der Waals surface area contributed by atoms with Crippen molar-refractivity contribution >= 4 is 5.91 Å². The number of rotatable bonds is 6. The number of benzene rings is 1. The quantitative estimate of drug-likeness (QED) is 0.853. The summed E-state index contributed by atoms with van der Waals surface area (Å²) in [4.78, 5) is 16.5. The normalized spacial score (nSPS) is 15.4. The van der Waals surface area contributed by atoms with Gasteiger partial charge < -0.3 is 5.32 Å². The Kier molecular flexibility index (Phi) is 4.26. The van der Waals surface area contributed by atoms with Crippen LogP contribution in [0.3, 0.4) is 0 Å². The van der Waals surface area contributed by atoms with E-state index in [1.807, 2.05) is 48.7 Å². The Labute approximate surface area is 124 Å². The highest BCUT2D eigenvalue weighted by Gasteiger charge is 2.28. The molecule has 1 saturated carbocycles. The second kappa shape index (κ2) is 6.50. The average molecular weight is 281 g/mol. The summed E-state index contributed by atoms with van der Waals surface area (Å²) in [5, 5.41) is 6.40. The standard InChI is InChI=1S/C17H19N3O/c21-17(20-15-8-9-15)16(14-6-2-1-3-7-14)19-12-13-5-4-10-18-11-13/h1-7,10-11,15-16,19H,8-9,12H2,(H,20,21). The van der Waals surface area contributed by atoms with Crippen molar-refractivity contribution in [3.05, 3.63) is 66.0 Å². The van der Waals surface area contributed by atoms with E-state index < -0.39 is 0 Å². The first-order valence-electron chi connectivity index (χ1n) is 7.30. The van der Waals surface area contributed by atoms with Gasteiger partial charge in [0.1, 0.15) is 6.04 Å². The molecule has 4 nitrogen and oxygen atoms in total. The maximum absolute atomic E-state index is 12.4. The van der Waals surface area contributed by atoms with Crippen molar-refractivity contribution < 1.29 is 4.79 Å². The lowest BCUT2D eigenvalue weighted by Gasteiger charge is -2.19. The Bertz CT molecular complexity index is 581. The molecule has 1 heterocycles. The summed E-state index contributed by atoms with van der Waals surface area (Å²) in [6.45, 7) is 0.617. The fourth-order valence-corrected chi connectivity index (χ4v) is 2.24. The van der Waals surface area contributed by atoms with Crippen LogP contribution in [-0.4, -0.2) is 16.9 Å². The molecule has 4 heteroatoms. The van der Waals surface area contributed by atoms with E-state index in [0.29, 0.717) is 12.6 Å². The van der Waals surface area contributed by atoms with Crippen LogP contribution in [-0.2, 0) is 11.3 Å². The van der Waals surface area contributed by atoms with E-state index in [4.69, 9.17) is 0 Å². The Morgan fingerprint density at radius 3 is 2.67 bits per heavy atom. The van der Waals surface area contributed by atoms with Gasteiger partial charge in [0.2, 0.25) is 5.91 Å². The zero-order valence-electron chi connectivity index (χ0n) is 11.8. The Balaban J connectivity index is 1.70. The van der Waals surface area contributed by atoms with Crippen LogP contribution in [0.25, 0.3) is 0 Å². The molecule has 21 heavy (non-hydrogen) atoms. The summed E-state index contributed by atoms with van der Waals surface area (Å²) in [5.74, 6) is 0.0487.